The van der Waals surface area contributed by atoms with Crippen molar-refractivity contribution in [3.05, 3.63) is 69.7 Å². The van der Waals surface area contributed by atoms with E-state index in [1.165, 1.54) is 24.3 Å². The van der Waals surface area contributed by atoms with Crippen LogP contribution in [0.1, 0.15) is 64.2 Å². The van der Waals surface area contributed by atoms with Crippen molar-refractivity contribution in [3.63, 3.8) is 0 Å². The number of sulfone groups is 1. The van der Waals surface area contributed by atoms with E-state index in [9.17, 15) is 36.3 Å². The Hall–Kier alpha value is -2.88. The molecule has 10 heteroatoms. The summed E-state index contributed by atoms with van der Waals surface area (Å²) in [4.78, 5) is 26.5. The van der Waals surface area contributed by atoms with Gasteiger partial charge in [-0.3, -0.25) is 9.59 Å². The maximum Gasteiger partial charge on any atom is 0.306 e. The molecule has 5 rings (SSSR count). The molecule has 0 bridgehead atoms. The summed E-state index contributed by atoms with van der Waals surface area (Å²) < 4.78 is 69.9. The number of carboxylic acids is 1. The highest BCUT2D eigenvalue weighted by atomic mass is 32.2. The van der Waals surface area contributed by atoms with Crippen LogP contribution >= 0.6 is 0 Å². The first-order valence-corrected chi connectivity index (χ1v) is 15.4. The van der Waals surface area contributed by atoms with E-state index in [0.717, 1.165) is 0 Å². The number of rotatable bonds is 6. The molecule has 0 radical (unpaired) electrons. The van der Waals surface area contributed by atoms with Crippen molar-refractivity contribution >= 4 is 21.7 Å². The zero-order valence-corrected chi connectivity index (χ0v) is 23.1. The lowest BCUT2D eigenvalue weighted by Crippen LogP contribution is -2.46. The average Bonchev–Trinajstić information content (AvgIpc) is 3.41. The van der Waals surface area contributed by atoms with Gasteiger partial charge in [0.1, 0.15) is 22.6 Å². The van der Waals surface area contributed by atoms with Crippen molar-refractivity contribution in [2.24, 2.45) is 11.8 Å². The van der Waals surface area contributed by atoms with Gasteiger partial charge in [0.25, 0.3) is 0 Å². The molecular weight excluding hydrogens is 543 g/mol. The van der Waals surface area contributed by atoms with Crippen LogP contribution in [-0.2, 0) is 19.4 Å². The normalized spacial score (nSPS) is 31.4. The zero-order chi connectivity index (χ0) is 28.7. The monoisotopic (exact) mass is 577 g/mol. The molecule has 1 aliphatic heterocycles. The molecule has 5 aliphatic rings. The fourth-order valence-electron chi connectivity index (χ4n) is 6.78. The predicted octanol–water partition coefficient (Wildman–Crippen LogP) is 5.96. The van der Waals surface area contributed by atoms with Crippen LogP contribution in [0.3, 0.4) is 0 Å². The quantitative estimate of drug-likeness (QED) is 0.421. The lowest BCUT2D eigenvalue weighted by Gasteiger charge is -2.36. The third kappa shape index (κ3) is 5.15. The number of aliphatic carboxylic acids is 1. The Bertz CT molecular complexity index is 1380. The fraction of sp³-hybridized carbons (Fsp3) is 0.533. The lowest BCUT2D eigenvalue weighted by molar-refractivity contribution is -0.145. The van der Waals surface area contributed by atoms with Crippen LogP contribution in [0.2, 0.25) is 0 Å². The van der Waals surface area contributed by atoms with Gasteiger partial charge in [-0.2, -0.15) is 0 Å². The lowest BCUT2D eigenvalue weighted by atomic mass is 9.81. The number of alkyl halides is 1. The van der Waals surface area contributed by atoms with Crippen LogP contribution in [0.15, 0.2) is 69.7 Å². The van der Waals surface area contributed by atoms with Crippen LogP contribution in [0.4, 0.5) is 13.2 Å². The van der Waals surface area contributed by atoms with Crippen molar-refractivity contribution in [2.45, 2.75) is 75.1 Å². The Morgan fingerprint density at radius 1 is 0.950 bits per heavy atom. The first kappa shape index (κ1) is 28.6. The van der Waals surface area contributed by atoms with Gasteiger partial charge in [-0.15, -0.1) is 0 Å². The molecule has 1 saturated carbocycles. The summed E-state index contributed by atoms with van der Waals surface area (Å²) in [5.41, 5.74) is 1.08. The molecule has 216 valence electrons. The summed E-state index contributed by atoms with van der Waals surface area (Å²) in [5.74, 6) is -2.87. The van der Waals surface area contributed by atoms with Gasteiger partial charge in [-0.1, -0.05) is 18.2 Å². The maximum atomic E-state index is 14.6. The number of carbonyl (C=O) groups is 2. The number of carboxylic acid groups (broad SMARTS) is 1. The average molecular weight is 578 g/mol. The van der Waals surface area contributed by atoms with Crippen LogP contribution in [0, 0.1) is 11.8 Å². The topological polar surface area (TPSA) is 91.8 Å². The van der Waals surface area contributed by atoms with Crippen molar-refractivity contribution in [1.29, 1.82) is 0 Å². The minimum absolute atomic E-state index is 0.00509. The van der Waals surface area contributed by atoms with Gasteiger partial charge in [0, 0.05) is 42.3 Å². The van der Waals surface area contributed by atoms with Crippen molar-refractivity contribution in [1.82, 2.24) is 4.90 Å². The highest BCUT2D eigenvalue weighted by molar-refractivity contribution is 7.96. The molecule has 2 unspecified atom stereocenters. The Morgan fingerprint density at radius 3 is 2.27 bits per heavy atom. The fourth-order valence-corrected chi connectivity index (χ4v) is 9.10. The summed E-state index contributed by atoms with van der Waals surface area (Å²) in [6, 6.07) is 0. The molecule has 0 spiro atoms. The van der Waals surface area contributed by atoms with E-state index in [-0.39, 0.29) is 73.9 Å². The van der Waals surface area contributed by atoms with E-state index in [2.05, 4.69) is 0 Å². The second kappa shape index (κ2) is 11.2. The second-order valence-electron chi connectivity index (χ2n) is 11.4. The second-order valence-corrected chi connectivity index (χ2v) is 13.7. The van der Waals surface area contributed by atoms with E-state index in [1.807, 2.05) is 0 Å². The Kier molecular flexibility index (Phi) is 8.01. The molecule has 0 aromatic heterocycles. The number of hydrogen-bond acceptors (Lipinski definition) is 4. The molecule has 40 heavy (non-hydrogen) atoms. The first-order valence-electron chi connectivity index (χ1n) is 14.0. The minimum Gasteiger partial charge on any atom is -0.481 e. The van der Waals surface area contributed by atoms with E-state index in [1.54, 1.807) is 17.1 Å². The zero-order valence-electron chi connectivity index (χ0n) is 22.3. The molecule has 1 amide bonds. The van der Waals surface area contributed by atoms with Gasteiger partial charge in [-0.25, -0.2) is 21.6 Å². The Labute approximate surface area is 232 Å². The van der Waals surface area contributed by atoms with Gasteiger partial charge in [-0.05, 0) is 80.7 Å². The molecule has 2 fully saturated rings. The van der Waals surface area contributed by atoms with Crippen LogP contribution < -0.4 is 0 Å². The van der Waals surface area contributed by atoms with Crippen LogP contribution in [0.25, 0.3) is 0 Å². The molecule has 6 nitrogen and oxygen atoms in total. The first-order chi connectivity index (χ1) is 19.0. The van der Waals surface area contributed by atoms with Gasteiger partial charge >= 0.3 is 5.97 Å². The van der Waals surface area contributed by atoms with E-state index < -0.39 is 44.3 Å². The molecule has 1 N–H and O–H groups in total. The highest BCUT2D eigenvalue weighted by Crippen LogP contribution is 2.47. The molecule has 4 aliphatic carbocycles. The summed E-state index contributed by atoms with van der Waals surface area (Å²) in [5, 5.41) is 9.29. The third-order valence-electron chi connectivity index (χ3n) is 9.15. The number of allylic oxidation sites excluding steroid dienone is 11. The number of nitrogens with zero attached hydrogens (tertiary/aromatic N) is 1. The SMILES string of the molecule is O=C(O)C1CCC(C(=O)N2CCC(C3=CC=C(C4=C(F)C=CCC4F)CC3)(S(=O)(=O)C3=CC=C(F)CC3)C2)CC1. The van der Waals surface area contributed by atoms with Crippen molar-refractivity contribution in [3.8, 4) is 0 Å². The van der Waals surface area contributed by atoms with E-state index in [0.29, 0.717) is 36.8 Å². The number of carbonyl (C=O) groups excluding carboxylic acids is 1. The summed E-state index contributed by atoms with van der Waals surface area (Å²) >= 11 is 0. The van der Waals surface area contributed by atoms with Crippen LogP contribution in [0.5, 0.6) is 0 Å². The molecule has 1 saturated heterocycles. The predicted molar refractivity (Wildman–Crippen MR) is 145 cm³/mol. The number of halogens is 3. The Morgan fingerprint density at radius 2 is 1.68 bits per heavy atom. The summed E-state index contributed by atoms with van der Waals surface area (Å²) in [6.07, 6.45) is 9.44. The molecule has 2 atom stereocenters. The summed E-state index contributed by atoms with van der Waals surface area (Å²) in [7, 11) is -4.02. The minimum atomic E-state index is -4.02. The van der Waals surface area contributed by atoms with Crippen molar-refractivity contribution in [2.75, 3.05) is 13.1 Å². The highest BCUT2D eigenvalue weighted by Gasteiger charge is 2.54. The largest absolute Gasteiger partial charge is 0.481 e. The van der Waals surface area contributed by atoms with Gasteiger partial charge < -0.3 is 10.0 Å². The number of likely N-dealkylation sites (tertiary alicyclic amines) is 1. The van der Waals surface area contributed by atoms with Gasteiger partial charge in [0.2, 0.25) is 5.91 Å². The van der Waals surface area contributed by atoms with E-state index >= 15 is 0 Å². The maximum absolute atomic E-state index is 14.6. The Balaban J connectivity index is 1.46. The molecule has 1 heterocycles. The van der Waals surface area contributed by atoms with Crippen molar-refractivity contribution < 1.29 is 36.3 Å². The molecular formula is C30H34F3NO5S. The number of hydrogen-bond donors (Lipinski definition) is 1. The standard InChI is InChI=1S/C30H34F3NO5S/c31-23-12-14-24(15-13-23)40(38,39)30(22-10-8-19(9-11-22)27-25(32)2-1-3-26(27)33)16-17-34(18-30)28(35)20-4-6-21(7-5-20)29(36)37/h1-2,8,10,12,14,20-21,26H,3-7,9,11,13,15-18H2,(H,36,37). The van der Waals surface area contributed by atoms with Gasteiger partial charge in [0.05, 0.1) is 5.92 Å². The number of amides is 1. The van der Waals surface area contributed by atoms with E-state index in [4.69, 9.17) is 0 Å². The molecule has 0 aromatic rings. The third-order valence-corrected chi connectivity index (χ3v) is 11.8. The smallest absolute Gasteiger partial charge is 0.306 e. The molecule has 0 aromatic carbocycles. The van der Waals surface area contributed by atoms with Crippen LogP contribution in [-0.4, -0.2) is 54.3 Å². The van der Waals surface area contributed by atoms with Gasteiger partial charge in [0.15, 0.2) is 9.84 Å². The summed E-state index contributed by atoms with van der Waals surface area (Å²) in [6.45, 7) is 0.163.